The molecule has 0 radical (unpaired) electrons. The molecule has 0 aliphatic rings. The second-order valence-corrected chi connectivity index (χ2v) is 4.34. The van der Waals surface area contributed by atoms with Crippen molar-refractivity contribution in [2.45, 2.75) is 30.5 Å². The van der Waals surface area contributed by atoms with Gasteiger partial charge < -0.3 is 10.1 Å². The Bertz CT molecular complexity index is 416. The van der Waals surface area contributed by atoms with E-state index in [2.05, 4.69) is 9.97 Å². The average molecular weight is 228 g/mol. The zero-order valence-corrected chi connectivity index (χ0v) is 9.30. The third-order valence-electron chi connectivity index (χ3n) is 1.75. The minimum Gasteiger partial charge on any atom is -0.480 e. The van der Waals surface area contributed by atoms with E-state index < -0.39 is 11.2 Å². The molecule has 1 aromatic rings. The Morgan fingerprint density at radius 3 is 2.93 bits per heavy atom. The SMILES string of the molecule is CCc1nc(SC(C)C(=O)O)cc(=O)[nH]1. The van der Waals surface area contributed by atoms with Crippen molar-refractivity contribution in [3.8, 4) is 0 Å². The van der Waals surface area contributed by atoms with Crippen LogP contribution in [-0.2, 0) is 11.2 Å². The van der Waals surface area contributed by atoms with Crippen molar-refractivity contribution >= 4 is 17.7 Å². The van der Waals surface area contributed by atoms with E-state index in [1.807, 2.05) is 6.92 Å². The number of aromatic amines is 1. The molecular formula is C9H12N2O3S. The summed E-state index contributed by atoms with van der Waals surface area (Å²) in [5.74, 6) is -0.345. The van der Waals surface area contributed by atoms with Gasteiger partial charge in [-0.15, -0.1) is 0 Å². The van der Waals surface area contributed by atoms with Crippen molar-refractivity contribution in [3.63, 3.8) is 0 Å². The van der Waals surface area contributed by atoms with Gasteiger partial charge in [-0.1, -0.05) is 18.7 Å². The van der Waals surface area contributed by atoms with Crippen molar-refractivity contribution in [1.29, 1.82) is 0 Å². The molecule has 0 fully saturated rings. The molecule has 15 heavy (non-hydrogen) atoms. The summed E-state index contributed by atoms with van der Waals surface area (Å²) < 4.78 is 0. The number of nitrogens with zero attached hydrogens (tertiary/aromatic N) is 1. The second-order valence-electron chi connectivity index (χ2n) is 2.98. The number of aliphatic carboxylic acids is 1. The molecule has 0 aliphatic heterocycles. The minimum absolute atomic E-state index is 0.248. The first-order valence-electron chi connectivity index (χ1n) is 4.52. The molecule has 1 aromatic heterocycles. The Morgan fingerprint density at radius 1 is 1.73 bits per heavy atom. The van der Waals surface area contributed by atoms with E-state index in [0.717, 1.165) is 11.8 Å². The highest BCUT2D eigenvalue weighted by Crippen LogP contribution is 2.19. The first-order chi connectivity index (χ1) is 7.02. The van der Waals surface area contributed by atoms with E-state index >= 15 is 0 Å². The smallest absolute Gasteiger partial charge is 0.316 e. The molecule has 1 atom stereocenters. The summed E-state index contributed by atoms with van der Waals surface area (Å²) in [5.41, 5.74) is -0.248. The van der Waals surface area contributed by atoms with Crippen molar-refractivity contribution in [3.05, 3.63) is 22.2 Å². The van der Waals surface area contributed by atoms with Crippen LogP contribution in [-0.4, -0.2) is 26.3 Å². The minimum atomic E-state index is -0.917. The lowest BCUT2D eigenvalue weighted by Crippen LogP contribution is -2.14. The van der Waals surface area contributed by atoms with Crippen LogP contribution in [0.15, 0.2) is 15.9 Å². The number of aromatic nitrogens is 2. The van der Waals surface area contributed by atoms with E-state index in [4.69, 9.17) is 5.11 Å². The van der Waals surface area contributed by atoms with Gasteiger partial charge in [-0.05, 0) is 6.92 Å². The van der Waals surface area contributed by atoms with Crippen molar-refractivity contribution in [1.82, 2.24) is 9.97 Å². The molecule has 5 nitrogen and oxygen atoms in total. The number of carbonyl (C=O) groups is 1. The van der Waals surface area contributed by atoms with Gasteiger partial charge in [-0.2, -0.15) is 0 Å². The highest BCUT2D eigenvalue weighted by molar-refractivity contribution is 8.00. The van der Waals surface area contributed by atoms with Crippen LogP contribution in [0.25, 0.3) is 0 Å². The highest BCUT2D eigenvalue weighted by atomic mass is 32.2. The fourth-order valence-corrected chi connectivity index (χ4v) is 1.74. The standard InChI is InChI=1S/C9H12N2O3S/c1-3-6-10-7(12)4-8(11-6)15-5(2)9(13)14/h4-5H,3H2,1-2H3,(H,13,14)(H,10,11,12). The number of rotatable bonds is 4. The number of hydrogen-bond acceptors (Lipinski definition) is 4. The Balaban J connectivity index is 2.90. The summed E-state index contributed by atoms with van der Waals surface area (Å²) in [6.07, 6.45) is 0.616. The number of carboxylic acids is 1. The van der Waals surface area contributed by atoms with Crippen LogP contribution in [0.2, 0.25) is 0 Å². The maximum absolute atomic E-state index is 11.2. The molecule has 0 amide bonds. The average Bonchev–Trinajstić information content (AvgIpc) is 2.16. The molecule has 6 heteroatoms. The number of carboxylic acid groups (broad SMARTS) is 1. The highest BCUT2D eigenvalue weighted by Gasteiger charge is 2.13. The first kappa shape index (κ1) is 11.8. The lowest BCUT2D eigenvalue weighted by atomic mass is 10.4. The predicted molar refractivity (Wildman–Crippen MR) is 57.2 cm³/mol. The van der Waals surface area contributed by atoms with E-state index in [0.29, 0.717) is 17.3 Å². The number of thioether (sulfide) groups is 1. The number of H-pyrrole nitrogens is 1. The van der Waals surface area contributed by atoms with Gasteiger partial charge in [0.1, 0.15) is 16.1 Å². The predicted octanol–water partition coefficient (Wildman–Crippen LogP) is 0.897. The van der Waals surface area contributed by atoms with Crippen molar-refractivity contribution in [2.75, 3.05) is 0 Å². The lowest BCUT2D eigenvalue weighted by molar-refractivity contribution is -0.136. The van der Waals surface area contributed by atoms with Crippen LogP contribution in [0.1, 0.15) is 19.7 Å². The van der Waals surface area contributed by atoms with Gasteiger partial charge in [0.2, 0.25) is 0 Å². The summed E-state index contributed by atoms with van der Waals surface area (Å²) in [4.78, 5) is 28.5. The normalized spacial score (nSPS) is 12.4. The Labute approximate surface area is 90.9 Å². The van der Waals surface area contributed by atoms with Crippen LogP contribution < -0.4 is 5.56 Å². The van der Waals surface area contributed by atoms with E-state index in [-0.39, 0.29) is 5.56 Å². The molecule has 0 aromatic carbocycles. The molecule has 2 N–H and O–H groups in total. The number of hydrogen-bond donors (Lipinski definition) is 2. The molecule has 1 rings (SSSR count). The van der Waals surface area contributed by atoms with Gasteiger partial charge >= 0.3 is 5.97 Å². The zero-order chi connectivity index (χ0) is 11.4. The van der Waals surface area contributed by atoms with Gasteiger partial charge in [0.25, 0.3) is 5.56 Å². The van der Waals surface area contributed by atoms with Gasteiger partial charge in [-0.25, -0.2) is 4.98 Å². The Kier molecular flexibility index (Phi) is 3.90. The third-order valence-corrected chi connectivity index (χ3v) is 2.75. The molecule has 0 aliphatic carbocycles. The Morgan fingerprint density at radius 2 is 2.40 bits per heavy atom. The zero-order valence-electron chi connectivity index (χ0n) is 8.48. The first-order valence-corrected chi connectivity index (χ1v) is 5.40. The molecule has 1 unspecified atom stereocenters. The third kappa shape index (κ3) is 3.39. The molecule has 0 saturated heterocycles. The van der Waals surface area contributed by atoms with E-state index in [1.54, 1.807) is 6.92 Å². The fraction of sp³-hybridized carbons (Fsp3) is 0.444. The molecule has 82 valence electrons. The maximum atomic E-state index is 11.2. The Hall–Kier alpha value is -1.30. The largest absolute Gasteiger partial charge is 0.480 e. The van der Waals surface area contributed by atoms with Crippen LogP contribution in [0, 0.1) is 0 Å². The summed E-state index contributed by atoms with van der Waals surface area (Å²) in [7, 11) is 0. The van der Waals surface area contributed by atoms with Crippen LogP contribution >= 0.6 is 11.8 Å². The van der Waals surface area contributed by atoms with Gasteiger partial charge in [0.15, 0.2) is 0 Å². The monoisotopic (exact) mass is 228 g/mol. The quantitative estimate of drug-likeness (QED) is 0.591. The maximum Gasteiger partial charge on any atom is 0.316 e. The lowest BCUT2D eigenvalue weighted by Gasteiger charge is -2.05. The van der Waals surface area contributed by atoms with Gasteiger partial charge in [-0.3, -0.25) is 9.59 Å². The fourth-order valence-electron chi connectivity index (χ4n) is 0.943. The van der Waals surface area contributed by atoms with Gasteiger partial charge in [0, 0.05) is 12.5 Å². The topological polar surface area (TPSA) is 83.0 Å². The summed E-state index contributed by atoms with van der Waals surface area (Å²) in [5, 5.41) is 8.55. The van der Waals surface area contributed by atoms with E-state index in [1.165, 1.54) is 6.07 Å². The second kappa shape index (κ2) is 4.97. The molecule has 1 heterocycles. The number of nitrogens with one attached hydrogen (secondary N) is 1. The van der Waals surface area contributed by atoms with Crippen LogP contribution in [0.5, 0.6) is 0 Å². The van der Waals surface area contributed by atoms with E-state index in [9.17, 15) is 9.59 Å². The summed E-state index contributed by atoms with van der Waals surface area (Å²) in [6.45, 7) is 3.43. The summed E-state index contributed by atoms with van der Waals surface area (Å²) in [6, 6.07) is 1.31. The van der Waals surface area contributed by atoms with Crippen molar-refractivity contribution in [2.24, 2.45) is 0 Å². The van der Waals surface area contributed by atoms with Crippen LogP contribution in [0.3, 0.4) is 0 Å². The molecule has 0 saturated carbocycles. The molecular weight excluding hydrogens is 216 g/mol. The van der Waals surface area contributed by atoms with Crippen LogP contribution in [0.4, 0.5) is 0 Å². The molecule has 0 spiro atoms. The number of aryl methyl sites for hydroxylation is 1. The van der Waals surface area contributed by atoms with Gasteiger partial charge in [0.05, 0.1) is 0 Å². The molecule has 0 bridgehead atoms. The van der Waals surface area contributed by atoms with Crippen molar-refractivity contribution < 1.29 is 9.90 Å². The summed E-state index contributed by atoms with van der Waals surface area (Å²) >= 11 is 1.06.